The zero-order valence-electron chi connectivity index (χ0n) is 20.3. The lowest BCUT2D eigenvalue weighted by molar-refractivity contribution is 0.0448. The van der Waals surface area contributed by atoms with Gasteiger partial charge in [-0.1, -0.05) is 19.9 Å². The predicted octanol–water partition coefficient (Wildman–Crippen LogP) is 3.90. The fourth-order valence-corrected chi connectivity index (χ4v) is 2.80. The summed E-state index contributed by atoms with van der Waals surface area (Å²) in [4.78, 5) is 23.6. The summed E-state index contributed by atoms with van der Waals surface area (Å²) in [6, 6.07) is 5.92. The highest BCUT2D eigenvalue weighted by Gasteiger charge is 2.30. The van der Waals surface area contributed by atoms with E-state index in [1.54, 1.807) is 0 Å². The number of halogens is 1. The Kier molecular flexibility index (Phi) is 12.8. The Bertz CT molecular complexity index is 699. The number of ether oxygens (including phenoxy) is 1. The molecule has 0 bridgehead atoms. The Labute approximate surface area is 205 Å². The van der Waals surface area contributed by atoms with Crippen molar-refractivity contribution in [1.82, 2.24) is 20.9 Å². The van der Waals surface area contributed by atoms with Crippen molar-refractivity contribution in [2.24, 2.45) is 4.99 Å². The molecular weight excluding hydrogens is 507 g/mol. The summed E-state index contributed by atoms with van der Waals surface area (Å²) in [5.41, 5.74) is -0.0702. The Balaban J connectivity index is 0.00000900. The molecule has 31 heavy (non-hydrogen) atoms. The molecule has 0 unspecified atom stereocenters. The van der Waals surface area contributed by atoms with Crippen LogP contribution in [0.4, 0.5) is 10.6 Å². The van der Waals surface area contributed by atoms with Gasteiger partial charge in [-0.25, -0.2) is 14.8 Å². The fraction of sp³-hybridized carbons (Fsp3) is 0.682. The summed E-state index contributed by atoms with van der Waals surface area (Å²) in [6.07, 6.45) is 1.13. The van der Waals surface area contributed by atoms with Crippen LogP contribution in [0.1, 0.15) is 60.1 Å². The summed E-state index contributed by atoms with van der Waals surface area (Å²) in [6.45, 7) is 13.5. The molecule has 0 aliphatic heterocycles. The number of carbonyl (C=O) groups is 1. The second kappa shape index (κ2) is 13.6. The maximum atomic E-state index is 12.3. The number of aliphatic imine (C=N–C) groups is 1. The minimum Gasteiger partial charge on any atom is -0.444 e. The van der Waals surface area contributed by atoms with Gasteiger partial charge in [-0.05, 0) is 52.7 Å². The van der Waals surface area contributed by atoms with Gasteiger partial charge in [0.2, 0.25) is 0 Å². The van der Waals surface area contributed by atoms with Crippen molar-refractivity contribution in [3.8, 4) is 0 Å². The van der Waals surface area contributed by atoms with E-state index >= 15 is 0 Å². The second-order valence-corrected chi connectivity index (χ2v) is 8.54. The second-order valence-electron chi connectivity index (χ2n) is 8.54. The van der Waals surface area contributed by atoms with E-state index in [0.717, 1.165) is 30.9 Å². The highest BCUT2D eigenvalue weighted by atomic mass is 127. The molecule has 3 N–H and O–H groups in total. The van der Waals surface area contributed by atoms with Gasteiger partial charge in [-0.3, -0.25) is 0 Å². The van der Waals surface area contributed by atoms with Crippen LogP contribution < -0.4 is 20.9 Å². The number of guanidine groups is 1. The number of hydrogen-bond acceptors (Lipinski definition) is 5. The van der Waals surface area contributed by atoms with Crippen molar-refractivity contribution >= 4 is 41.8 Å². The van der Waals surface area contributed by atoms with E-state index in [2.05, 4.69) is 39.8 Å². The zero-order chi connectivity index (χ0) is 22.8. The van der Waals surface area contributed by atoms with Gasteiger partial charge in [-0.2, -0.15) is 0 Å². The number of hydrogen-bond donors (Lipinski definition) is 3. The van der Waals surface area contributed by atoms with Gasteiger partial charge >= 0.3 is 6.09 Å². The van der Waals surface area contributed by atoms with Crippen LogP contribution >= 0.6 is 24.0 Å². The van der Waals surface area contributed by atoms with Crippen LogP contribution in [0, 0.1) is 0 Å². The van der Waals surface area contributed by atoms with Gasteiger partial charge in [0.15, 0.2) is 5.96 Å². The minimum atomic E-state index is -0.533. The van der Waals surface area contributed by atoms with Gasteiger partial charge in [0.1, 0.15) is 11.4 Å². The third-order valence-corrected chi connectivity index (χ3v) is 4.71. The summed E-state index contributed by atoms with van der Waals surface area (Å²) in [5, 5.41) is 9.68. The Morgan fingerprint density at radius 1 is 1.13 bits per heavy atom. The van der Waals surface area contributed by atoms with Gasteiger partial charge in [0.25, 0.3) is 0 Å². The fourth-order valence-electron chi connectivity index (χ4n) is 2.80. The molecule has 0 fully saturated rings. The molecule has 1 rings (SSSR count). The van der Waals surface area contributed by atoms with Gasteiger partial charge in [-0.15, -0.1) is 24.0 Å². The first-order valence-corrected chi connectivity index (χ1v) is 10.7. The molecule has 1 heterocycles. The summed E-state index contributed by atoms with van der Waals surface area (Å²) >= 11 is 0. The van der Waals surface area contributed by atoms with E-state index < -0.39 is 17.2 Å². The van der Waals surface area contributed by atoms with Crippen molar-refractivity contribution in [1.29, 1.82) is 0 Å². The summed E-state index contributed by atoms with van der Waals surface area (Å²) in [7, 11) is 3.93. The number of rotatable bonds is 9. The van der Waals surface area contributed by atoms with E-state index in [0.29, 0.717) is 19.0 Å². The number of anilines is 1. The van der Waals surface area contributed by atoms with E-state index in [-0.39, 0.29) is 24.0 Å². The smallest absolute Gasteiger partial charge is 0.408 e. The number of pyridine rings is 1. The normalized spacial score (nSPS) is 11.9. The molecule has 1 aromatic rings. The number of amides is 1. The molecule has 0 aromatic carbocycles. The van der Waals surface area contributed by atoms with Crippen LogP contribution in [-0.4, -0.2) is 55.4 Å². The maximum Gasteiger partial charge on any atom is 0.408 e. The highest BCUT2D eigenvalue weighted by molar-refractivity contribution is 14.0. The van der Waals surface area contributed by atoms with E-state index in [1.165, 1.54) is 0 Å². The van der Waals surface area contributed by atoms with Crippen LogP contribution in [0.25, 0.3) is 0 Å². The van der Waals surface area contributed by atoms with E-state index in [1.807, 2.05) is 64.9 Å². The molecular formula is C22H41IN6O2. The van der Waals surface area contributed by atoms with Crippen molar-refractivity contribution < 1.29 is 9.53 Å². The van der Waals surface area contributed by atoms with Crippen LogP contribution in [0.15, 0.2) is 23.2 Å². The lowest BCUT2D eigenvalue weighted by Crippen LogP contribution is -2.57. The number of carbonyl (C=O) groups excluding carboxylic acids is 1. The lowest BCUT2D eigenvalue weighted by Gasteiger charge is -2.34. The average Bonchev–Trinajstić information content (AvgIpc) is 2.67. The van der Waals surface area contributed by atoms with E-state index in [9.17, 15) is 4.79 Å². The Hall–Kier alpha value is -1.78. The van der Waals surface area contributed by atoms with Crippen molar-refractivity contribution in [2.45, 2.75) is 72.1 Å². The molecule has 0 saturated carbocycles. The van der Waals surface area contributed by atoms with Gasteiger partial charge in [0, 0.05) is 27.2 Å². The van der Waals surface area contributed by atoms with Crippen molar-refractivity contribution in [3.05, 3.63) is 23.9 Å². The zero-order valence-corrected chi connectivity index (χ0v) is 22.7. The summed E-state index contributed by atoms with van der Waals surface area (Å²) < 4.78 is 5.45. The molecule has 0 atom stereocenters. The quantitative estimate of drug-likeness (QED) is 0.247. The Morgan fingerprint density at radius 2 is 1.77 bits per heavy atom. The number of aromatic nitrogens is 1. The van der Waals surface area contributed by atoms with Crippen molar-refractivity contribution in [2.75, 3.05) is 32.1 Å². The third-order valence-electron chi connectivity index (χ3n) is 4.71. The standard InChI is InChI=1S/C22H40N6O2.HI/c1-9-22(10-2,27-20(29)30-21(4,5)6)16-25-19(23-11-3)24-15-17-13-12-14-18(26-17)28(7)8;/h12-14H,9-11,15-16H2,1-8H3,(H,27,29)(H2,23,24,25);1H. The monoisotopic (exact) mass is 548 g/mol. The topological polar surface area (TPSA) is 90.9 Å². The molecule has 0 radical (unpaired) electrons. The molecule has 1 aromatic heterocycles. The molecule has 0 aliphatic carbocycles. The molecule has 0 aliphatic rings. The first-order chi connectivity index (χ1) is 14.0. The van der Waals surface area contributed by atoms with E-state index in [4.69, 9.17) is 4.74 Å². The lowest BCUT2D eigenvalue weighted by atomic mass is 9.93. The first kappa shape index (κ1) is 29.2. The molecule has 9 heteroatoms. The Morgan fingerprint density at radius 3 is 2.29 bits per heavy atom. The summed E-state index contributed by atoms with van der Waals surface area (Å²) in [5.74, 6) is 1.59. The molecule has 178 valence electrons. The molecule has 0 spiro atoms. The average molecular weight is 549 g/mol. The number of alkyl carbamates (subject to hydrolysis) is 1. The van der Waals surface area contributed by atoms with Gasteiger partial charge in [0.05, 0.1) is 17.8 Å². The largest absolute Gasteiger partial charge is 0.444 e. The van der Waals surface area contributed by atoms with Crippen LogP contribution in [0.5, 0.6) is 0 Å². The molecule has 0 saturated heterocycles. The molecule has 1 amide bonds. The van der Waals surface area contributed by atoms with Crippen LogP contribution in [0.2, 0.25) is 0 Å². The van der Waals surface area contributed by atoms with Crippen molar-refractivity contribution in [3.63, 3.8) is 0 Å². The number of nitrogens with one attached hydrogen (secondary N) is 3. The highest BCUT2D eigenvalue weighted by Crippen LogP contribution is 2.16. The minimum absolute atomic E-state index is 0. The van der Waals surface area contributed by atoms with Crippen LogP contribution in [-0.2, 0) is 11.3 Å². The maximum absolute atomic E-state index is 12.3. The third kappa shape index (κ3) is 10.9. The SMILES string of the molecule is CCNC(=NCc1cccc(N(C)C)n1)NCC(CC)(CC)NC(=O)OC(C)(C)C.I. The predicted molar refractivity (Wildman–Crippen MR) is 139 cm³/mol. The number of nitrogens with zero attached hydrogens (tertiary/aromatic N) is 3. The first-order valence-electron chi connectivity index (χ1n) is 10.7. The molecule has 8 nitrogen and oxygen atoms in total. The van der Waals surface area contributed by atoms with Crippen LogP contribution in [0.3, 0.4) is 0 Å². The van der Waals surface area contributed by atoms with Gasteiger partial charge < -0.3 is 25.6 Å².